The van der Waals surface area contributed by atoms with Gasteiger partial charge in [-0.25, -0.2) is 14.4 Å². The number of rotatable bonds is 19. The quantitative estimate of drug-likeness (QED) is 0.0748. The van der Waals surface area contributed by atoms with Crippen molar-refractivity contribution >= 4 is 24.4 Å². The number of carboxylic acid groups (broad SMARTS) is 1. The van der Waals surface area contributed by atoms with Crippen LogP contribution in [-0.2, 0) is 23.7 Å². The molecule has 0 saturated heterocycles. The minimum atomic E-state index is -1.41. The zero-order valence-corrected chi connectivity index (χ0v) is 25.4. The van der Waals surface area contributed by atoms with Gasteiger partial charge in [-0.15, -0.1) is 0 Å². The lowest BCUT2D eigenvalue weighted by molar-refractivity contribution is -0.139. The number of nitrogens with two attached hydrogens (primary N) is 1. The Morgan fingerprint density at radius 3 is 1.83 bits per heavy atom. The molecule has 0 heterocycles. The molecule has 0 bridgehead atoms. The predicted octanol–water partition coefficient (Wildman–Crippen LogP) is 6.71. The van der Waals surface area contributed by atoms with Gasteiger partial charge in [-0.1, -0.05) is 58.9 Å². The molecule has 0 radical (unpaired) electrons. The van der Waals surface area contributed by atoms with E-state index in [4.69, 9.17) is 34.2 Å². The highest BCUT2D eigenvalue weighted by Gasteiger charge is 2.30. The van der Waals surface area contributed by atoms with E-state index in [9.17, 15) is 24.3 Å². The van der Waals surface area contributed by atoms with Crippen LogP contribution >= 0.6 is 0 Å². The van der Waals surface area contributed by atoms with E-state index in [1.54, 1.807) is 13.8 Å². The molecule has 0 saturated carbocycles. The van der Waals surface area contributed by atoms with E-state index in [1.807, 2.05) is 20.8 Å². The number of aliphatic carboxylic acids is 1. The van der Waals surface area contributed by atoms with Gasteiger partial charge in [0.05, 0.1) is 13.2 Å². The summed E-state index contributed by atoms with van der Waals surface area (Å²) in [6.45, 7) is 9.62. The number of carboxylic acids is 1. The van der Waals surface area contributed by atoms with Crippen LogP contribution < -0.4 is 15.2 Å². The summed E-state index contributed by atoms with van der Waals surface area (Å²) in [5.74, 6) is -2.51. The molecule has 0 aliphatic rings. The van der Waals surface area contributed by atoms with Gasteiger partial charge in [0, 0.05) is 5.92 Å². The number of ether oxygens (including phenoxy) is 6. The Balaban J connectivity index is 3.20. The second kappa shape index (κ2) is 20.4. The smallest absolute Gasteiger partial charge is 0.480 e. The maximum absolute atomic E-state index is 12.4. The number of carbonyl (C=O) groups is 4. The molecule has 3 N–H and O–H groups in total. The topological polar surface area (TPSA) is 170 Å². The molecule has 0 aromatic heterocycles. The van der Waals surface area contributed by atoms with Crippen molar-refractivity contribution in [1.29, 1.82) is 0 Å². The van der Waals surface area contributed by atoms with Crippen molar-refractivity contribution in [2.45, 2.75) is 117 Å². The zero-order chi connectivity index (χ0) is 31.5. The Labute approximate surface area is 248 Å². The second-order valence-electron chi connectivity index (χ2n) is 10.1. The molecule has 0 spiro atoms. The van der Waals surface area contributed by atoms with Gasteiger partial charge in [-0.3, -0.25) is 4.79 Å². The van der Waals surface area contributed by atoms with E-state index in [-0.39, 0.29) is 37.2 Å². The molecule has 0 aliphatic heterocycles. The molecule has 12 nitrogen and oxygen atoms in total. The molecule has 0 aliphatic carbocycles. The lowest BCUT2D eigenvalue weighted by Crippen LogP contribution is -2.38. The highest BCUT2D eigenvalue weighted by Crippen LogP contribution is 2.35. The SMILES string of the molecule is CCCCCOC(=O)Oc1ccc(C(CC(C)OC(=O)OC(C)CCC)[C@H](N)C(=O)O)cc1OC(=O)OCCCCC. The summed E-state index contributed by atoms with van der Waals surface area (Å²) >= 11 is 0. The van der Waals surface area contributed by atoms with Gasteiger partial charge in [-0.2, -0.15) is 0 Å². The molecule has 1 aromatic rings. The highest BCUT2D eigenvalue weighted by atomic mass is 16.7. The molecule has 0 amide bonds. The fourth-order valence-electron chi connectivity index (χ4n) is 4.06. The third-order valence-electron chi connectivity index (χ3n) is 6.31. The number of carbonyl (C=O) groups excluding carboxylic acids is 3. The molecule has 3 unspecified atom stereocenters. The summed E-state index contributed by atoms with van der Waals surface area (Å²) in [5.41, 5.74) is 6.37. The van der Waals surface area contributed by atoms with Crippen molar-refractivity contribution in [3.05, 3.63) is 23.8 Å². The first-order valence-electron chi connectivity index (χ1n) is 14.7. The standard InChI is InChI=1S/C30H47NO11/c1-6-9-11-16-37-28(34)41-24-15-14-22(19-25(24)42-29(35)38-17-12-10-7-2)23(26(31)27(32)33)18-21(5)40-30(36)39-20(4)13-8-3/h14-15,19-21,23,26H,6-13,16-18,31H2,1-5H3,(H,32,33)/t20?,21?,23?,26-/m0/s1. The van der Waals surface area contributed by atoms with Crippen LogP contribution in [0.1, 0.15) is 104 Å². The maximum Gasteiger partial charge on any atom is 0.513 e. The van der Waals surface area contributed by atoms with Gasteiger partial charge in [0.1, 0.15) is 18.2 Å². The van der Waals surface area contributed by atoms with E-state index in [0.29, 0.717) is 24.8 Å². The Bertz CT molecular complexity index is 984. The average molecular weight is 598 g/mol. The summed E-state index contributed by atoms with van der Waals surface area (Å²) in [6.07, 6.45) is 2.43. The number of hydrogen-bond acceptors (Lipinski definition) is 11. The average Bonchev–Trinajstić information content (AvgIpc) is 2.92. The molecular formula is C30H47NO11. The minimum Gasteiger partial charge on any atom is -0.480 e. The Morgan fingerprint density at radius 2 is 1.31 bits per heavy atom. The molecule has 12 heteroatoms. The fourth-order valence-corrected chi connectivity index (χ4v) is 4.06. The summed E-state index contributed by atoms with van der Waals surface area (Å²) in [4.78, 5) is 48.8. The first-order chi connectivity index (χ1) is 20.0. The van der Waals surface area contributed by atoms with Gasteiger partial charge < -0.3 is 39.3 Å². The van der Waals surface area contributed by atoms with Gasteiger partial charge in [0.25, 0.3) is 0 Å². The van der Waals surface area contributed by atoms with Crippen LogP contribution in [0.15, 0.2) is 18.2 Å². The van der Waals surface area contributed by atoms with Gasteiger partial charge in [0.15, 0.2) is 11.5 Å². The molecule has 1 rings (SSSR count). The summed E-state index contributed by atoms with van der Waals surface area (Å²) < 4.78 is 31.4. The largest absolute Gasteiger partial charge is 0.513 e. The van der Waals surface area contributed by atoms with E-state index in [0.717, 1.165) is 32.1 Å². The predicted molar refractivity (Wildman–Crippen MR) is 154 cm³/mol. The highest BCUT2D eigenvalue weighted by molar-refractivity contribution is 5.75. The molecule has 238 valence electrons. The van der Waals surface area contributed by atoms with Crippen molar-refractivity contribution in [2.24, 2.45) is 5.73 Å². The second-order valence-corrected chi connectivity index (χ2v) is 10.1. The van der Waals surface area contributed by atoms with Crippen LogP contribution in [0.25, 0.3) is 0 Å². The van der Waals surface area contributed by atoms with E-state index < -0.39 is 42.5 Å². The molecule has 0 fully saturated rings. The van der Waals surface area contributed by atoms with Crippen LogP contribution in [0.4, 0.5) is 14.4 Å². The lowest BCUT2D eigenvalue weighted by Gasteiger charge is -2.25. The number of unbranched alkanes of at least 4 members (excludes halogenated alkanes) is 4. The molecule has 42 heavy (non-hydrogen) atoms. The van der Waals surface area contributed by atoms with E-state index >= 15 is 0 Å². The van der Waals surface area contributed by atoms with Crippen molar-refractivity contribution in [2.75, 3.05) is 13.2 Å². The van der Waals surface area contributed by atoms with Crippen molar-refractivity contribution in [3.8, 4) is 11.5 Å². The van der Waals surface area contributed by atoms with E-state index in [1.165, 1.54) is 18.2 Å². The number of hydrogen-bond donors (Lipinski definition) is 2. The first kappa shape index (κ1) is 36.5. The van der Waals surface area contributed by atoms with Crippen molar-refractivity contribution < 1.29 is 52.7 Å². The van der Waals surface area contributed by atoms with Crippen molar-refractivity contribution in [3.63, 3.8) is 0 Å². The van der Waals surface area contributed by atoms with Gasteiger partial charge in [-0.05, 0) is 57.2 Å². The van der Waals surface area contributed by atoms with Crippen LogP contribution in [0.5, 0.6) is 11.5 Å². The minimum absolute atomic E-state index is 0.00526. The van der Waals surface area contributed by atoms with E-state index in [2.05, 4.69) is 0 Å². The lowest BCUT2D eigenvalue weighted by atomic mass is 9.87. The number of benzene rings is 1. The van der Waals surface area contributed by atoms with Gasteiger partial charge >= 0.3 is 24.4 Å². The van der Waals surface area contributed by atoms with Crippen LogP contribution in [0.3, 0.4) is 0 Å². The van der Waals surface area contributed by atoms with Crippen LogP contribution in [0.2, 0.25) is 0 Å². The van der Waals surface area contributed by atoms with Crippen LogP contribution in [0, 0.1) is 0 Å². The first-order valence-corrected chi connectivity index (χ1v) is 14.7. The molecule has 4 atom stereocenters. The Kier molecular flexibility index (Phi) is 17.7. The third-order valence-corrected chi connectivity index (χ3v) is 6.31. The molecule has 1 aromatic carbocycles. The summed E-state index contributed by atoms with van der Waals surface area (Å²) in [6, 6.07) is 2.77. The Morgan fingerprint density at radius 1 is 0.762 bits per heavy atom. The van der Waals surface area contributed by atoms with Crippen LogP contribution in [-0.4, -0.2) is 61.0 Å². The van der Waals surface area contributed by atoms with Crippen molar-refractivity contribution in [1.82, 2.24) is 0 Å². The third kappa shape index (κ3) is 14.4. The monoisotopic (exact) mass is 597 g/mol. The zero-order valence-electron chi connectivity index (χ0n) is 25.4. The Hall–Kier alpha value is -3.54. The summed E-state index contributed by atoms with van der Waals surface area (Å²) in [7, 11) is 0. The molecular weight excluding hydrogens is 550 g/mol. The van der Waals surface area contributed by atoms with Gasteiger partial charge in [0.2, 0.25) is 0 Å². The maximum atomic E-state index is 12.4. The normalized spacial score (nSPS) is 13.7. The summed E-state index contributed by atoms with van der Waals surface area (Å²) in [5, 5.41) is 9.69. The fraction of sp³-hybridized carbons (Fsp3) is 0.667.